The largest absolute Gasteiger partial charge is 0.388 e. The summed E-state index contributed by atoms with van der Waals surface area (Å²) in [5.41, 5.74) is 7.05. The summed E-state index contributed by atoms with van der Waals surface area (Å²) in [6.07, 6.45) is 1.73. The molecule has 0 saturated carbocycles. The van der Waals surface area contributed by atoms with Crippen molar-refractivity contribution in [3.63, 3.8) is 0 Å². The van der Waals surface area contributed by atoms with E-state index in [4.69, 9.17) is 18.0 Å². The lowest BCUT2D eigenvalue weighted by atomic mass is 10.3. The van der Waals surface area contributed by atoms with Gasteiger partial charge in [0.1, 0.15) is 4.99 Å². The van der Waals surface area contributed by atoms with Crippen LogP contribution in [0, 0.1) is 0 Å². The van der Waals surface area contributed by atoms with E-state index >= 15 is 0 Å². The van der Waals surface area contributed by atoms with E-state index in [9.17, 15) is 0 Å². The van der Waals surface area contributed by atoms with Crippen LogP contribution in [0.4, 0.5) is 5.69 Å². The molecule has 1 aromatic rings. The first-order valence-corrected chi connectivity index (χ1v) is 4.53. The van der Waals surface area contributed by atoms with Crippen molar-refractivity contribution in [3.8, 4) is 0 Å². The average Bonchev–Trinajstić information content (AvgIpc) is 2.04. The Morgan fingerprint density at radius 1 is 1.54 bits per heavy atom. The molecule has 0 aliphatic heterocycles. The Labute approximate surface area is 83.4 Å². The van der Waals surface area contributed by atoms with Gasteiger partial charge in [-0.05, 0) is 26.0 Å². The van der Waals surface area contributed by atoms with Gasteiger partial charge in [0, 0.05) is 6.04 Å². The monoisotopic (exact) mass is 195 g/mol. The van der Waals surface area contributed by atoms with Crippen LogP contribution in [-0.4, -0.2) is 16.0 Å². The summed E-state index contributed by atoms with van der Waals surface area (Å²) in [6, 6.07) is 4.13. The van der Waals surface area contributed by atoms with E-state index in [0.29, 0.717) is 16.7 Å². The lowest BCUT2D eigenvalue weighted by Gasteiger charge is -2.09. The maximum atomic E-state index is 5.41. The molecule has 0 unspecified atom stereocenters. The van der Waals surface area contributed by atoms with Crippen molar-refractivity contribution in [1.29, 1.82) is 0 Å². The topological polar surface area (TPSA) is 50.9 Å². The van der Waals surface area contributed by atoms with Crippen LogP contribution in [0.3, 0.4) is 0 Å². The molecule has 0 fully saturated rings. The minimum atomic E-state index is 0.330. The van der Waals surface area contributed by atoms with Gasteiger partial charge in [0.25, 0.3) is 0 Å². The summed E-state index contributed by atoms with van der Waals surface area (Å²) in [7, 11) is 0. The van der Waals surface area contributed by atoms with Crippen LogP contribution in [0.1, 0.15) is 19.5 Å². The van der Waals surface area contributed by atoms with Gasteiger partial charge in [0.15, 0.2) is 0 Å². The zero-order valence-corrected chi connectivity index (χ0v) is 8.56. The molecule has 3 N–H and O–H groups in total. The molecule has 70 valence electrons. The molecule has 1 heterocycles. The van der Waals surface area contributed by atoms with E-state index in [-0.39, 0.29) is 0 Å². The fourth-order valence-corrected chi connectivity index (χ4v) is 1.08. The van der Waals surface area contributed by atoms with Crippen LogP contribution in [-0.2, 0) is 0 Å². The Bertz CT molecular complexity index is 292. The molecule has 0 aromatic carbocycles. The first kappa shape index (κ1) is 9.92. The number of aromatic nitrogens is 1. The number of hydrogen-bond donors (Lipinski definition) is 2. The predicted octanol–water partition coefficient (Wildman–Crippen LogP) is 1.54. The zero-order valence-electron chi connectivity index (χ0n) is 7.74. The Hall–Kier alpha value is -1.16. The number of pyridine rings is 1. The molecular weight excluding hydrogens is 182 g/mol. The van der Waals surface area contributed by atoms with Crippen molar-refractivity contribution < 1.29 is 0 Å². The Morgan fingerprint density at radius 2 is 2.23 bits per heavy atom. The Kier molecular flexibility index (Phi) is 3.19. The zero-order chi connectivity index (χ0) is 9.84. The summed E-state index contributed by atoms with van der Waals surface area (Å²) in [4.78, 5) is 4.43. The van der Waals surface area contributed by atoms with Crippen molar-refractivity contribution in [2.75, 3.05) is 5.32 Å². The van der Waals surface area contributed by atoms with Crippen molar-refractivity contribution in [1.82, 2.24) is 4.98 Å². The second-order valence-electron chi connectivity index (χ2n) is 3.10. The number of nitrogens with two attached hydrogens (primary N) is 1. The molecule has 4 heteroatoms. The third-order valence-corrected chi connectivity index (χ3v) is 1.68. The predicted molar refractivity (Wildman–Crippen MR) is 58.9 cm³/mol. The molecule has 0 saturated heterocycles. The molecule has 0 aliphatic carbocycles. The van der Waals surface area contributed by atoms with Crippen LogP contribution in [0.2, 0.25) is 0 Å². The molecule has 0 atom stereocenters. The standard InChI is InChI=1S/C9H13N3S/c1-6(2)12-7-3-4-8(9(10)13)11-5-7/h3-6,12H,1-2H3,(H2,10,13). The SMILES string of the molecule is CC(C)Nc1ccc(C(N)=S)nc1. The molecule has 1 rings (SSSR count). The van der Waals surface area contributed by atoms with E-state index in [0.717, 1.165) is 5.69 Å². The Balaban J connectivity index is 2.75. The average molecular weight is 195 g/mol. The quantitative estimate of drug-likeness (QED) is 0.718. The maximum Gasteiger partial charge on any atom is 0.122 e. The van der Waals surface area contributed by atoms with E-state index < -0.39 is 0 Å². The third-order valence-electron chi connectivity index (χ3n) is 1.47. The van der Waals surface area contributed by atoms with Gasteiger partial charge in [0.2, 0.25) is 0 Å². The maximum absolute atomic E-state index is 5.41. The first-order chi connectivity index (χ1) is 6.09. The van der Waals surface area contributed by atoms with Gasteiger partial charge in [0.05, 0.1) is 17.6 Å². The van der Waals surface area contributed by atoms with E-state index in [1.807, 2.05) is 12.1 Å². The van der Waals surface area contributed by atoms with Crippen LogP contribution in [0.5, 0.6) is 0 Å². The molecule has 0 radical (unpaired) electrons. The van der Waals surface area contributed by atoms with E-state index in [1.54, 1.807) is 6.20 Å². The van der Waals surface area contributed by atoms with Gasteiger partial charge in [-0.1, -0.05) is 12.2 Å². The fourth-order valence-electron chi connectivity index (χ4n) is 0.958. The van der Waals surface area contributed by atoms with Crippen LogP contribution >= 0.6 is 12.2 Å². The highest BCUT2D eigenvalue weighted by Gasteiger charge is 1.98. The molecule has 13 heavy (non-hydrogen) atoms. The lowest BCUT2D eigenvalue weighted by molar-refractivity contribution is 0.897. The first-order valence-electron chi connectivity index (χ1n) is 4.12. The highest BCUT2D eigenvalue weighted by Crippen LogP contribution is 2.07. The molecule has 3 nitrogen and oxygen atoms in total. The lowest BCUT2D eigenvalue weighted by Crippen LogP contribution is -2.13. The number of anilines is 1. The number of nitrogens with one attached hydrogen (secondary N) is 1. The minimum absolute atomic E-state index is 0.330. The smallest absolute Gasteiger partial charge is 0.122 e. The van der Waals surface area contributed by atoms with Crippen LogP contribution in [0.15, 0.2) is 18.3 Å². The van der Waals surface area contributed by atoms with Gasteiger partial charge in [-0.15, -0.1) is 0 Å². The van der Waals surface area contributed by atoms with Crippen molar-refractivity contribution in [2.24, 2.45) is 5.73 Å². The van der Waals surface area contributed by atoms with Gasteiger partial charge in [-0.2, -0.15) is 0 Å². The van der Waals surface area contributed by atoms with Crippen LogP contribution < -0.4 is 11.1 Å². The number of rotatable bonds is 3. The van der Waals surface area contributed by atoms with Gasteiger partial charge in [-0.25, -0.2) is 0 Å². The second-order valence-corrected chi connectivity index (χ2v) is 3.54. The summed E-state index contributed by atoms with van der Waals surface area (Å²) < 4.78 is 0. The second kappa shape index (κ2) is 4.18. The molecule has 0 bridgehead atoms. The Morgan fingerprint density at radius 3 is 2.62 bits per heavy atom. The van der Waals surface area contributed by atoms with Gasteiger partial charge < -0.3 is 11.1 Å². The molecule has 0 spiro atoms. The number of thiocarbonyl (C=S) groups is 1. The van der Waals surface area contributed by atoms with Gasteiger partial charge in [-0.3, -0.25) is 4.98 Å². The molecule has 0 amide bonds. The number of nitrogens with zero attached hydrogens (tertiary/aromatic N) is 1. The van der Waals surface area contributed by atoms with Crippen LogP contribution in [0.25, 0.3) is 0 Å². The van der Waals surface area contributed by atoms with Gasteiger partial charge >= 0.3 is 0 Å². The summed E-state index contributed by atoms with van der Waals surface area (Å²) in [5, 5.41) is 3.22. The number of hydrogen-bond acceptors (Lipinski definition) is 3. The highest BCUT2D eigenvalue weighted by atomic mass is 32.1. The van der Waals surface area contributed by atoms with Crippen molar-refractivity contribution in [3.05, 3.63) is 24.0 Å². The molecular formula is C9H13N3S. The fraction of sp³-hybridized carbons (Fsp3) is 0.333. The van der Waals surface area contributed by atoms with Crippen molar-refractivity contribution in [2.45, 2.75) is 19.9 Å². The van der Waals surface area contributed by atoms with E-state index in [2.05, 4.69) is 24.1 Å². The normalized spacial score (nSPS) is 10.1. The minimum Gasteiger partial charge on any atom is -0.388 e. The van der Waals surface area contributed by atoms with Crippen molar-refractivity contribution >= 4 is 22.9 Å². The summed E-state index contributed by atoms with van der Waals surface area (Å²) in [6.45, 7) is 4.14. The molecule has 0 aliphatic rings. The third kappa shape index (κ3) is 2.99. The molecule has 1 aromatic heterocycles. The highest BCUT2D eigenvalue weighted by molar-refractivity contribution is 7.80. The summed E-state index contributed by atoms with van der Waals surface area (Å²) >= 11 is 4.79. The summed E-state index contributed by atoms with van der Waals surface area (Å²) in [5.74, 6) is 0. The van der Waals surface area contributed by atoms with E-state index in [1.165, 1.54) is 0 Å².